The molecule has 0 N–H and O–H groups in total. The van der Waals surface area contributed by atoms with Crippen LogP contribution in [0.25, 0.3) is 6.08 Å². The highest BCUT2D eigenvalue weighted by Gasteiger charge is 2.36. The van der Waals surface area contributed by atoms with E-state index in [-0.39, 0.29) is 24.3 Å². The van der Waals surface area contributed by atoms with Gasteiger partial charge < -0.3 is 28.4 Å². The zero-order chi connectivity index (χ0) is 35.9. The van der Waals surface area contributed by atoms with Crippen molar-refractivity contribution in [2.45, 2.75) is 54.2 Å². The second-order valence-electron chi connectivity index (χ2n) is 11.8. The van der Waals surface area contributed by atoms with Gasteiger partial charge in [-0.2, -0.15) is 0 Å². The third-order valence-corrected chi connectivity index (χ3v) is 9.34. The van der Waals surface area contributed by atoms with Crippen molar-refractivity contribution < 1.29 is 33.2 Å². The molecular formula is C39H44N2O8S. The molecule has 0 saturated carbocycles. The first-order valence-electron chi connectivity index (χ1n) is 16.6. The fourth-order valence-corrected chi connectivity index (χ4v) is 7.17. The summed E-state index contributed by atoms with van der Waals surface area (Å²) in [5.41, 5.74) is 6.38. The molecular weight excluding hydrogens is 657 g/mol. The van der Waals surface area contributed by atoms with Crippen LogP contribution in [-0.2, 0) is 20.9 Å². The van der Waals surface area contributed by atoms with Crippen molar-refractivity contribution in [1.29, 1.82) is 0 Å². The number of methoxy groups -OCH3 is 2. The van der Waals surface area contributed by atoms with E-state index < -0.39 is 12.0 Å². The van der Waals surface area contributed by atoms with E-state index in [1.165, 1.54) is 39.7 Å². The highest BCUT2D eigenvalue weighted by Crippen LogP contribution is 2.41. The van der Waals surface area contributed by atoms with Gasteiger partial charge in [0.25, 0.3) is 5.56 Å². The van der Waals surface area contributed by atoms with Crippen LogP contribution in [0, 0.1) is 20.8 Å². The molecule has 1 aliphatic rings. The Morgan fingerprint density at radius 2 is 1.64 bits per heavy atom. The Hall–Kier alpha value is -4.87. The van der Waals surface area contributed by atoms with Crippen molar-refractivity contribution >= 4 is 23.4 Å². The molecule has 5 rings (SSSR count). The van der Waals surface area contributed by atoms with Gasteiger partial charge in [-0.3, -0.25) is 9.36 Å². The van der Waals surface area contributed by atoms with Gasteiger partial charge in [-0.25, -0.2) is 9.79 Å². The van der Waals surface area contributed by atoms with Crippen molar-refractivity contribution in [2.75, 3.05) is 40.6 Å². The number of aryl methyl sites for hydroxylation is 3. The summed E-state index contributed by atoms with van der Waals surface area (Å²) in [4.78, 5) is 33.1. The maximum absolute atomic E-state index is 14.3. The van der Waals surface area contributed by atoms with Gasteiger partial charge in [0.05, 0.1) is 42.7 Å². The zero-order valence-electron chi connectivity index (χ0n) is 29.9. The normalized spacial score (nSPS) is 14.2. The Bertz CT molecular complexity index is 2070. The minimum absolute atomic E-state index is 0.0474. The molecule has 1 aliphatic heterocycles. The van der Waals surface area contributed by atoms with Crippen molar-refractivity contribution in [1.82, 2.24) is 4.57 Å². The van der Waals surface area contributed by atoms with Crippen LogP contribution in [0.5, 0.6) is 23.0 Å². The van der Waals surface area contributed by atoms with E-state index in [1.807, 2.05) is 38.1 Å². The molecule has 0 saturated heterocycles. The number of esters is 1. The van der Waals surface area contributed by atoms with Crippen LogP contribution in [0.3, 0.4) is 0 Å². The predicted octanol–water partition coefficient (Wildman–Crippen LogP) is 5.74. The van der Waals surface area contributed by atoms with E-state index >= 15 is 0 Å². The van der Waals surface area contributed by atoms with Crippen LogP contribution >= 0.6 is 11.3 Å². The largest absolute Gasteiger partial charge is 0.493 e. The number of aromatic nitrogens is 1. The summed E-state index contributed by atoms with van der Waals surface area (Å²) in [6.45, 7) is 13.2. The third-order valence-electron chi connectivity index (χ3n) is 8.35. The first-order chi connectivity index (χ1) is 24.1. The topological polar surface area (TPSA) is 107 Å². The molecule has 1 atom stereocenters. The number of rotatable bonds is 14. The molecule has 2 heterocycles. The molecule has 10 nitrogen and oxygen atoms in total. The third kappa shape index (κ3) is 7.64. The highest BCUT2D eigenvalue weighted by atomic mass is 32.1. The average molecular weight is 701 g/mol. The van der Waals surface area contributed by atoms with E-state index in [0.29, 0.717) is 63.4 Å². The molecule has 4 aromatic rings. The summed E-state index contributed by atoms with van der Waals surface area (Å²) >= 11 is 1.24. The van der Waals surface area contributed by atoms with Crippen LogP contribution in [-0.4, -0.2) is 51.2 Å². The van der Waals surface area contributed by atoms with Gasteiger partial charge in [-0.05, 0) is 88.1 Å². The fraction of sp³-hybridized carbons (Fsp3) is 0.359. The molecule has 1 aromatic heterocycles. The smallest absolute Gasteiger partial charge is 0.338 e. The van der Waals surface area contributed by atoms with E-state index in [1.54, 1.807) is 32.2 Å². The minimum Gasteiger partial charge on any atom is -0.493 e. The number of ether oxygens (including phenoxy) is 6. The Labute approximate surface area is 296 Å². The lowest BCUT2D eigenvalue weighted by Crippen LogP contribution is -2.40. The van der Waals surface area contributed by atoms with Crippen LogP contribution in [0.4, 0.5) is 0 Å². The van der Waals surface area contributed by atoms with Crippen LogP contribution in [0.2, 0.25) is 0 Å². The molecule has 0 radical (unpaired) electrons. The number of benzene rings is 3. The van der Waals surface area contributed by atoms with E-state index in [9.17, 15) is 9.59 Å². The highest BCUT2D eigenvalue weighted by molar-refractivity contribution is 7.07. The van der Waals surface area contributed by atoms with Gasteiger partial charge >= 0.3 is 5.97 Å². The summed E-state index contributed by atoms with van der Waals surface area (Å²) in [6.07, 6.45) is 1.80. The summed E-state index contributed by atoms with van der Waals surface area (Å²) < 4.78 is 36.5. The first kappa shape index (κ1) is 36.4. The van der Waals surface area contributed by atoms with Crippen LogP contribution in [0.15, 0.2) is 69.6 Å². The number of thiazole rings is 1. The molecule has 0 amide bonds. The Morgan fingerprint density at radius 3 is 2.32 bits per heavy atom. The molecule has 0 bridgehead atoms. The number of nitrogens with zero attached hydrogens (tertiary/aromatic N) is 2. The van der Waals surface area contributed by atoms with Crippen molar-refractivity contribution in [3.63, 3.8) is 0 Å². The van der Waals surface area contributed by atoms with E-state index in [0.717, 1.165) is 11.1 Å². The van der Waals surface area contributed by atoms with Crippen LogP contribution < -0.4 is 33.8 Å². The van der Waals surface area contributed by atoms with Crippen molar-refractivity contribution in [3.8, 4) is 23.0 Å². The number of para-hydroxylation sites is 1. The number of carbonyl (C=O) groups is 1. The molecule has 264 valence electrons. The van der Waals surface area contributed by atoms with Gasteiger partial charge in [-0.15, -0.1) is 0 Å². The molecule has 11 heteroatoms. The summed E-state index contributed by atoms with van der Waals surface area (Å²) in [7, 11) is 3.08. The maximum atomic E-state index is 14.3. The van der Waals surface area contributed by atoms with Gasteiger partial charge in [0.1, 0.15) is 19.3 Å². The van der Waals surface area contributed by atoms with E-state index in [4.69, 9.17) is 33.4 Å². The summed E-state index contributed by atoms with van der Waals surface area (Å²) in [5.74, 6) is 1.50. The summed E-state index contributed by atoms with van der Waals surface area (Å²) in [6, 6.07) is 14.4. The second-order valence-corrected chi connectivity index (χ2v) is 12.8. The van der Waals surface area contributed by atoms with E-state index in [2.05, 4.69) is 32.9 Å². The number of fused-ring (bicyclic) bond motifs is 1. The van der Waals surface area contributed by atoms with Gasteiger partial charge in [0.2, 0.25) is 0 Å². The molecule has 0 unspecified atom stereocenters. The summed E-state index contributed by atoms with van der Waals surface area (Å²) in [5, 5.41) is 0. The molecule has 0 aliphatic carbocycles. The number of carbonyl (C=O) groups excluding carboxylic acids is 1. The Morgan fingerprint density at radius 1 is 0.900 bits per heavy atom. The lowest BCUT2D eigenvalue weighted by atomic mass is 9.94. The Balaban J connectivity index is 1.59. The molecule has 50 heavy (non-hydrogen) atoms. The zero-order valence-corrected chi connectivity index (χ0v) is 30.7. The second kappa shape index (κ2) is 16.2. The van der Waals surface area contributed by atoms with Gasteiger partial charge in [0, 0.05) is 12.7 Å². The maximum Gasteiger partial charge on any atom is 0.338 e. The molecule has 3 aromatic carbocycles. The van der Waals surface area contributed by atoms with Gasteiger partial charge in [-0.1, -0.05) is 47.2 Å². The number of hydrogen-bond acceptors (Lipinski definition) is 10. The van der Waals surface area contributed by atoms with Gasteiger partial charge in [0.15, 0.2) is 27.8 Å². The number of allylic oxidation sites excluding steroid dienone is 1. The lowest BCUT2D eigenvalue weighted by Gasteiger charge is -2.27. The van der Waals surface area contributed by atoms with Crippen molar-refractivity contribution in [2.24, 2.45) is 4.99 Å². The average Bonchev–Trinajstić information content (AvgIpc) is 3.38. The monoisotopic (exact) mass is 700 g/mol. The molecule has 0 spiro atoms. The molecule has 0 fully saturated rings. The predicted molar refractivity (Wildman–Crippen MR) is 193 cm³/mol. The fourth-order valence-electron chi connectivity index (χ4n) is 6.12. The lowest BCUT2D eigenvalue weighted by molar-refractivity contribution is -0.140. The SMILES string of the molecule is CCOc1cc(/C=c2/sc3n(c2=O)[C@@H](c2cccc(OC)c2OCC)C(C(=O)OCCOC)=C(C)N=3)ccc1OCc1c(C)cc(C)cc1C. The first-order valence-corrected chi connectivity index (χ1v) is 17.4. The number of hydrogen-bond donors (Lipinski definition) is 0. The minimum atomic E-state index is -0.886. The Kier molecular flexibility index (Phi) is 11.8. The van der Waals surface area contributed by atoms with Crippen LogP contribution in [0.1, 0.15) is 60.2 Å². The standard InChI is InChI=1S/C39H44N2O8S/c1-9-46-32-20-27(14-15-30(32)49-22-29-24(4)18-23(3)19-25(29)5)21-33-37(42)41-35(28-12-11-13-31(45-8)36(28)47-10-2)34(26(6)40-39(41)50-33)38(43)48-17-16-44-7/h11-15,18-21,35H,9-10,16-17,22H2,1-8H3/b33-21+/t35-/m0/s1. The quantitative estimate of drug-likeness (QED) is 0.121. The van der Waals surface area contributed by atoms with Crippen molar-refractivity contribution in [3.05, 3.63) is 113 Å².